The highest BCUT2D eigenvalue weighted by atomic mass is 79.9. The van der Waals surface area contributed by atoms with Crippen LogP contribution in [0.2, 0.25) is 4.34 Å². The first-order valence-electron chi connectivity index (χ1n) is 2.38. The van der Waals surface area contributed by atoms with Gasteiger partial charge in [0, 0.05) is 15.9 Å². The van der Waals surface area contributed by atoms with Crippen molar-refractivity contribution in [1.29, 1.82) is 0 Å². The third kappa shape index (κ3) is 1.67. The summed E-state index contributed by atoms with van der Waals surface area (Å²) < 4.78 is 1.71. The van der Waals surface area contributed by atoms with Gasteiger partial charge in [0.25, 0.3) is 0 Å². The SMILES string of the molecule is NCc1cc(Br)c(Cl)s1. The molecule has 9 heavy (non-hydrogen) atoms. The van der Waals surface area contributed by atoms with Crippen molar-refractivity contribution in [3.63, 3.8) is 0 Å². The van der Waals surface area contributed by atoms with Crippen LogP contribution in [0.1, 0.15) is 4.88 Å². The van der Waals surface area contributed by atoms with E-state index in [1.54, 1.807) is 0 Å². The van der Waals surface area contributed by atoms with E-state index in [4.69, 9.17) is 17.3 Å². The highest BCUT2D eigenvalue weighted by Gasteiger charge is 2.00. The van der Waals surface area contributed by atoms with Gasteiger partial charge in [-0.05, 0) is 22.0 Å². The Morgan fingerprint density at radius 3 is 2.67 bits per heavy atom. The first kappa shape index (κ1) is 7.54. The average molecular weight is 227 g/mol. The molecule has 1 nitrogen and oxygen atoms in total. The minimum atomic E-state index is 0.565. The molecule has 0 spiro atoms. The summed E-state index contributed by atoms with van der Waals surface area (Å²) in [4.78, 5) is 1.10. The van der Waals surface area contributed by atoms with E-state index in [1.807, 2.05) is 6.07 Å². The summed E-state index contributed by atoms with van der Waals surface area (Å²) in [5, 5.41) is 0. The lowest BCUT2D eigenvalue weighted by molar-refractivity contribution is 1.11. The molecule has 0 unspecified atom stereocenters. The van der Waals surface area contributed by atoms with E-state index >= 15 is 0 Å². The molecule has 0 atom stereocenters. The molecule has 4 heteroatoms. The monoisotopic (exact) mass is 225 g/mol. The minimum Gasteiger partial charge on any atom is -0.326 e. The van der Waals surface area contributed by atoms with Crippen molar-refractivity contribution in [1.82, 2.24) is 0 Å². The van der Waals surface area contributed by atoms with Gasteiger partial charge in [-0.15, -0.1) is 11.3 Å². The van der Waals surface area contributed by atoms with Crippen LogP contribution in [0.3, 0.4) is 0 Å². The van der Waals surface area contributed by atoms with Crippen molar-refractivity contribution in [2.24, 2.45) is 5.73 Å². The second kappa shape index (κ2) is 3.01. The van der Waals surface area contributed by atoms with Gasteiger partial charge in [-0.25, -0.2) is 0 Å². The number of hydrogen-bond donors (Lipinski definition) is 1. The molecule has 0 bridgehead atoms. The van der Waals surface area contributed by atoms with Gasteiger partial charge in [0.05, 0.1) is 0 Å². The highest BCUT2D eigenvalue weighted by molar-refractivity contribution is 9.10. The van der Waals surface area contributed by atoms with Crippen molar-refractivity contribution in [3.8, 4) is 0 Å². The van der Waals surface area contributed by atoms with E-state index in [0.29, 0.717) is 6.54 Å². The fraction of sp³-hybridized carbons (Fsp3) is 0.200. The maximum atomic E-state index is 5.72. The van der Waals surface area contributed by atoms with Gasteiger partial charge >= 0.3 is 0 Å². The fourth-order valence-electron chi connectivity index (χ4n) is 0.492. The molecule has 1 rings (SSSR count). The molecule has 1 heterocycles. The van der Waals surface area contributed by atoms with Crippen LogP contribution < -0.4 is 5.73 Å². The second-order valence-electron chi connectivity index (χ2n) is 1.54. The summed E-state index contributed by atoms with van der Waals surface area (Å²) in [6.07, 6.45) is 0. The van der Waals surface area contributed by atoms with E-state index < -0.39 is 0 Å². The molecular formula is C5H5BrClNS. The van der Waals surface area contributed by atoms with E-state index in [1.165, 1.54) is 11.3 Å². The van der Waals surface area contributed by atoms with Crippen LogP contribution in [0.4, 0.5) is 0 Å². The largest absolute Gasteiger partial charge is 0.326 e. The predicted octanol–water partition coefficient (Wildman–Crippen LogP) is 2.62. The number of halogens is 2. The molecule has 1 aromatic heterocycles. The maximum absolute atomic E-state index is 5.72. The van der Waals surface area contributed by atoms with E-state index in [-0.39, 0.29) is 0 Å². The van der Waals surface area contributed by atoms with Crippen LogP contribution in [-0.2, 0) is 6.54 Å². The van der Waals surface area contributed by atoms with Gasteiger partial charge in [0.1, 0.15) is 4.34 Å². The third-order valence-corrected chi connectivity index (χ3v) is 3.39. The zero-order valence-electron chi connectivity index (χ0n) is 4.53. The minimum absolute atomic E-state index is 0.565. The smallest absolute Gasteiger partial charge is 0.107 e. The second-order valence-corrected chi connectivity index (χ2v) is 4.13. The van der Waals surface area contributed by atoms with E-state index in [2.05, 4.69) is 15.9 Å². The summed E-state index contributed by atoms with van der Waals surface area (Å²) in [6.45, 7) is 0.565. The molecule has 0 aromatic carbocycles. The molecule has 0 radical (unpaired) electrons. The molecule has 0 saturated heterocycles. The normalized spacial score (nSPS) is 10.1. The number of hydrogen-bond acceptors (Lipinski definition) is 2. The summed E-state index contributed by atoms with van der Waals surface area (Å²) in [6, 6.07) is 1.94. The Kier molecular flexibility index (Phi) is 2.52. The summed E-state index contributed by atoms with van der Waals surface area (Å²) in [5.41, 5.74) is 5.36. The van der Waals surface area contributed by atoms with Crippen molar-refractivity contribution < 1.29 is 0 Å². The van der Waals surface area contributed by atoms with Crippen molar-refractivity contribution in [2.45, 2.75) is 6.54 Å². The van der Waals surface area contributed by atoms with Crippen LogP contribution in [-0.4, -0.2) is 0 Å². The van der Waals surface area contributed by atoms with Gasteiger partial charge < -0.3 is 5.73 Å². The summed E-state index contributed by atoms with van der Waals surface area (Å²) in [7, 11) is 0. The summed E-state index contributed by atoms with van der Waals surface area (Å²) in [5.74, 6) is 0. The van der Waals surface area contributed by atoms with Gasteiger partial charge in [-0.1, -0.05) is 11.6 Å². The van der Waals surface area contributed by atoms with Crippen LogP contribution >= 0.6 is 38.9 Å². The first-order valence-corrected chi connectivity index (χ1v) is 4.36. The molecular weight excluding hydrogens is 221 g/mol. The lowest BCUT2D eigenvalue weighted by Gasteiger charge is -1.80. The molecule has 2 N–H and O–H groups in total. The van der Waals surface area contributed by atoms with Crippen molar-refractivity contribution in [3.05, 3.63) is 19.8 Å². The number of thiophene rings is 1. The van der Waals surface area contributed by atoms with Crippen molar-refractivity contribution in [2.75, 3.05) is 0 Å². The zero-order valence-corrected chi connectivity index (χ0v) is 7.68. The molecule has 0 fully saturated rings. The Balaban J connectivity index is 2.98. The lowest BCUT2D eigenvalue weighted by Crippen LogP contribution is -1.91. The van der Waals surface area contributed by atoms with Crippen LogP contribution in [0, 0.1) is 0 Å². The van der Waals surface area contributed by atoms with Crippen LogP contribution in [0.15, 0.2) is 10.5 Å². The topological polar surface area (TPSA) is 26.0 Å². The third-order valence-electron chi connectivity index (χ3n) is 0.897. The van der Waals surface area contributed by atoms with Gasteiger partial charge in [0.15, 0.2) is 0 Å². The average Bonchev–Trinajstić information content (AvgIpc) is 2.13. The van der Waals surface area contributed by atoms with E-state index in [0.717, 1.165) is 13.7 Å². The maximum Gasteiger partial charge on any atom is 0.107 e. The molecule has 0 saturated carbocycles. The van der Waals surface area contributed by atoms with Crippen LogP contribution in [0.25, 0.3) is 0 Å². The highest BCUT2D eigenvalue weighted by Crippen LogP contribution is 2.31. The Morgan fingerprint density at radius 1 is 1.78 bits per heavy atom. The first-order chi connectivity index (χ1) is 4.24. The molecule has 0 amide bonds. The molecule has 0 aliphatic heterocycles. The predicted molar refractivity (Wildman–Crippen MR) is 44.9 cm³/mol. The lowest BCUT2D eigenvalue weighted by atomic mass is 10.5. The Labute approximate surface area is 70.9 Å². The van der Waals surface area contributed by atoms with E-state index in [9.17, 15) is 0 Å². The van der Waals surface area contributed by atoms with Crippen LogP contribution in [0.5, 0.6) is 0 Å². The Hall–Kier alpha value is 0.430. The molecule has 0 aliphatic carbocycles. The fourth-order valence-corrected chi connectivity index (χ4v) is 2.16. The van der Waals surface area contributed by atoms with Crippen molar-refractivity contribution >= 4 is 38.9 Å². The standard InChI is InChI=1S/C5H5BrClNS/c6-4-1-3(2-8)9-5(4)7/h1H,2,8H2. The molecule has 0 aliphatic rings. The number of nitrogens with two attached hydrogens (primary N) is 1. The number of rotatable bonds is 1. The van der Waals surface area contributed by atoms with Gasteiger partial charge in [-0.2, -0.15) is 0 Å². The zero-order chi connectivity index (χ0) is 6.85. The quantitative estimate of drug-likeness (QED) is 0.783. The Bertz CT molecular complexity index is 191. The summed E-state index contributed by atoms with van der Waals surface area (Å²) >= 11 is 10.5. The Morgan fingerprint density at radius 2 is 2.44 bits per heavy atom. The van der Waals surface area contributed by atoms with Gasteiger partial charge in [0.2, 0.25) is 0 Å². The van der Waals surface area contributed by atoms with Gasteiger partial charge in [-0.3, -0.25) is 0 Å². The molecule has 1 aromatic rings. The molecule has 50 valence electrons.